The topological polar surface area (TPSA) is 55.0 Å². The fraction of sp³-hybridized carbons (Fsp3) is 0.667. The molecule has 0 aliphatic carbocycles. The molecule has 1 aliphatic rings. The van der Waals surface area contributed by atoms with Gasteiger partial charge in [0, 0.05) is 31.5 Å². The molecule has 2 rings (SSSR count). The molecule has 1 aromatic rings. The Morgan fingerprint density at radius 2 is 2.12 bits per heavy atom. The second-order valence-corrected chi connectivity index (χ2v) is 4.32. The highest BCUT2D eigenvalue weighted by Crippen LogP contribution is 2.20. The highest BCUT2D eigenvalue weighted by atomic mass is 15.3. The monoisotopic (exact) mass is 220 g/mol. The summed E-state index contributed by atoms with van der Waals surface area (Å²) in [5, 5.41) is 0. The standard InChI is InChI=1S/C12H20N4/c1-2-10-8-14-12(15-9-10)16-6-4-3-5-11(16)7-13/h8-9,11H,2-7,13H2,1H3. The third-order valence-electron chi connectivity index (χ3n) is 3.26. The molecule has 1 fully saturated rings. The minimum atomic E-state index is 0.418. The van der Waals surface area contributed by atoms with Crippen molar-refractivity contribution in [3.63, 3.8) is 0 Å². The largest absolute Gasteiger partial charge is 0.337 e. The molecule has 1 saturated heterocycles. The Hall–Kier alpha value is -1.16. The van der Waals surface area contributed by atoms with Gasteiger partial charge in [0.05, 0.1) is 0 Å². The molecule has 0 amide bonds. The highest BCUT2D eigenvalue weighted by Gasteiger charge is 2.22. The van der Waals surface area contributed by atoms with Gasteiger partial charge in [0.25, 0.3) is 0 Å². The zero-order valence-electron chi connectivity index (χ0n) is 9.89. The number of aromatic nitrogens is 2. The first-order valence-corrected chi connectivity index (χ1v) is 6.12. The zero-order chi connectivity index (χ0) is 11.4. The van der Waals surface area contributed by atoms with E-state index >= 15 is 0 Å². The second kappa shape index (κ2) is 5.25. The minimum absolute atomic E-state index is 0.418. The third-order valence-corrected chi connectivity index (χ3v) is 3.26. The highest BCUT2D eigenvalue weighted by molar-refractivity contribution is 5.32. The van der Waals surface area contributed by atoms with Crippen molar-refractivity contribution >= 4 is 5.95 Å². The van der Waals surface area contributed by atoms with Gasteiger partial charge in [0.15, 0.2) is 0 Å². The maximum atomic E-state index is 5.79. The van der Waals surface area contributed by atoms with E-state index in [0.717, 1.165) is 25.3 Å². The van der Waals surface area contributed by atoms with Gasteiger partial charge in [0.2, 0.25) is 5.95 Å². The molecule has 0 spiro atoms. The van der Waals surface area contributed by atoms with Gasteiger partial charge >= 0.3 is 0 Å². The van der Waals surface area contributed by atoms with Crippen LogP contribution in [0.1, 0.15) is 31.7 Å². The normalized spacial score (nSPS) is 21.1. The van der Waals surface area contributed by atoms with Crippen LogP contribution in [0.4, 0.5) is 5.95 Å². The number of anilines is 1. The van der Waals surface area contributed by atoms with E-state index in [4.69, 9.17) is 5.73 Å². The molecule has 16 heavy (non-hydrogen) atoms. The van der Waals surface area contributed by atoms with Crippen molar-refractivity contribution in [2.45, 2.75) is 38.6 Å². The van der Waals surface area contributed by atoms with Crippen LogP contribution >= 0.6 is 0 Å². The summed E-state index contributed by atoms with van der Waals surface area (Å²) in [7, 11) is 0. The third kappa shape index (κ3) is 2.32. The van der Waals surface area contributed by atoms with E-state index in [1.807, 2.05) is 12.4 Å². The number of aryl methyl sites for hydroxylation is 1. The number of nitrogens with zero attached hydrogens (tertiary/aromatic N) is 3. The van der Waals surface area contributed by atoms with Gasteiger partial charge in [-0.1, -0.05) is 6.92 Å². The molecule has 4 heteroatoms. The maximum absolute atomic E-state index is 5.79. The van der Waals surface area contributed by atoms with E-state index in [1.54, 1.807) is 0 Å². The van der Waals surface area contributed by atoms with Gasteiger partial charge in [-0.05, 0) is 31.2 Å². The molecule has 2 N–H and O–H groups in total. The average Bonchev–Trinajstić information content (AvgIpc) is 2.39. The van der Waals surface area contributed by atoms with Crippen molar-refractivity contribution < 1.29 is 0 Å². The lowest BCUT2D eigenvalue weighted by Gasteiger charge is -2.34. The fourth-order valence-electron chi connectivity index (χ4n) is 2.19. The van der Waals surface area contributed by atoms with Crippen LogP contribution < -0.4 is 10.6 Å². The molecule has 88 valence electrons. The molecule has 1 atom stereocenters. The van der Waals surface area contributed by atoms with E-state index in [-0.39, 0.29) is 0 Å². The van der Waals surface area contributed by atoms with Crippen LogP contribution in [0.3, 0.4) is 0 Å². The van der Waals surface area contributed by atoms with Crippen molar-refractivity contribution in [3.8, 4) is 0 Å². The van der Waals surface area contributed by atoms with Gasteiger partial charge in [-0.15, -0.1) is 0 Å². The zero-order valence-corrected chi connectivity index (χ0v) is 9.89. The summed E-state index contributed by atoms with van der Waals surface area (Å²) in [6, 6.07) is 0.418. The lowest BCUT2D eigenvalue weighted by Crippen LogP contribution is -2.45. The predicted molar refractivity (Wildman–Crippen MR) is 65.4 cm³/mol. The van der Waals surface area contributed by atoms with Crippen molar-refractivity contribution in [2.24, 2.45) is 5.73 Å². The summed E-state index contributed by atoms with van der Waals surface area (Å²) in [6.07, 6.45) is 8.48. The van der Waals surface area contributed by atoms with E-state index in [0.29, 0.717) is 12.6 Å². The maximum Gasteiger partial charge on any atom is 0.225 e. The quantitative estimate of drug-likeness (QED) is 0.835. The molecule has 0 saturated carbocycles. The summed E-state index contributed by atoms with van der Waals surface area (Å²) in [5.74, 6) is 0.840. The fourth-order valence-corrected chi connectivity index (χ4v) is 2.19. The van der Waals surface area contributed by atoms with Crippen molar-refractivity contribution in [2.75, 3.05) is 18.0 Å². The molecule has 0 aromatic carbocycles. The van der Waals surface area contributed by atoms with E-state index in [2.05, 4.69) is 21.8 Å². The molecule has 2 heterocycles. The summed E-state index contributed by atoms with van der Waals surface area (Å²) in [5.41, 5.74) is 6.98. The van der Waals surface area contributed by atoms with E-state index in [1.165, 1.54) is 18.4 Å². The second-order valence-electron chi connectivity index (χ2n) is 4.32. The Labute approximate surface area is 96.9 Å². The molecule has 1 aromatic heterocycles. The van der Waals surface area contributed by atoms with Crippen LogP contribution in [0, 0.1) is 0 Å². The minimum Gasteiger partial charge on any atom is -0.337 e. The van der Waals surface area contributed by atoms with Crippen LogP contribution in [-0.4, -0.2) is 29.1 Å². The van der Waals surface area contributed by atoms with Gasteiger partial charge in [0.1, 0.15) is 0 Å². The molecule has 0 radical (unpaired) electrons. The van der Waals surface area contributed by atoms with Crippen LogP contribution in [0.2, 0.25) is 0 Å². The Morgan fingerprint density at radius 3 is 2.75 bits per heavy atom. The molecule has 0 bridgehead atoms. The first-order valence-electron chi connectivity index (χ1n) is 6.12. The molecule has 1 unspecified atom stereocenters. The number of piperidine rings is 1. The van der Waals surface area contributed by atoms with Crippen LogP contribution in [0.15, 0.2) is 12.4 Å². The van der Waals surface area contributed by atoms with Gasteiger partial charge in [-0.2, -0.15) is 0 Å². The average molecular weight is 220 g/mol. The van der Waals surface area contributed by atoms with Gasteiger partial charge < -0.3 is 10.6 Å². The Kier molecular flexibility index (Phi) is 3.72. The van der Waals surface area contributed by atoms with Crippen LogP contribution in [0.25, 0.3) is 0 Å². The van der Waals surface area contributed by atoms with Gasteiger partial charge in [-0.3, -0.25) is 0 Å². The summed E-state index contributed by atoms with van der Waals surface area (Å²) >= 11 is 0. The number of hydrogen-bond acceptors (Lipinski definition) is 4. The first kappa shape index (κ1) is 11.3. The number of nitrogens with two attached hydrogens (primary N) is 1. The van der Waals surface area contributed by atoms with Crippen LogP contribution in [0.5, 0.6) is 0 Å². The number of hydrogen-bond donors (Lipinski definition) is 1. The Balaban J connectivity index is 2.14. The van der Waals surface area contributed by atoms with Crippen molar-refractivity contribution in [1.82, 2.24) is 9.97 Å². The van der Waals surface area contributed by atoms with Crippen LogP contribution in [-0.2, 0) is 6.42 Å². The van der Waals surface area contributed by atoms with E-state index in [9.17, 15) is 0 Å². The van der Waals surface area contributed by atoms with Crippen molar-refractivity contribution in [3.05, 3.63) is 18.0 Å². The Bertz CT molecular complexity index is 322. The van der Waals surface area contributed by atoms with Gasteiger partial charge in [-0.25, -0.2) is 9.97 Å². The number of rotatable bonds is 3. The SMILES string of the molecule is CCc1cnc(N2CCCCC2CN)nc1. The molecule has 4 nitrogen and oxygen atoms in total. The smallest absolute Gasteiger partial charge is 0.225 e. The lowest BCUT2D eigenvalue weighted by molar-refractivity contribution is 0.458. The summed E-state index contributed by atoms with van der Waals surface area (Å²) in [6.45, 7) is 3.84. The predicted octanol–water partition coefficient (Wildman–Crippen LogP) is 1.36. The van der Waals surface area contributed by atoms with E-state index < -0.39 is 0 Å². The van der Waals surface area contributed by atoms with Crippen molar-refractivity contribution in [1.29, 1.82) is 0 Å². The summed E-state index contributed by atoms with van der Waals surface area (Å²) < 4.78 is 0. The lowest BCUT2D eigenvalue weighted by atomic mass is 10.0. The summed E-state index contributed by atoms with van der Waals surface area (Å²) in [4.78, 5) is 11.1. The first-order chi connectivity index (χ1) is 7.85. The molecular formula is C12H20N4. The molecular weight excluding hydrogens is 200 g/mol. The Morgan fingerprint density at radius 1 is 1.38 bits per heavy atom. The molecule has 1 aliphatic heterocycles.